The number of hydrogen-bond donors (Lipinski definition) is 5. The second kappa shape index (κ2) is 20.8. The quantitative estimate of drug-likeness (QED) is 0.117. The van der Waals surface area contributed by atoms with E-state index in [2.05, 4.69) is 44.3 Å². The number of rotatable bonds is 12. The minimum atomic E-state index is -2.74. The molecule has 10 atom stereocenters. The van der Waals surface area contributed by atoms with Gasteiger partial charge in [0.1, 0.15) is 23.7 Å². The average Bonchev–Trinajstić information content (AvgIpc) is 3.61. The first-order valence-corrected chi connectivity index (χ1v) is 23.4. The Bertz CT molecular complexity index is 2480. The number of amides is 1. The van der Waals surface area contributed by atoms with E-state index in [1.165, 1.54) is 31.3 Å². The van der Waals surface area contributed by atoms with E-state index in [1.54, 1.807) is 31.2 Å². The van der Waals surface area contributed by atoms with Crippen molar-refractivity contribution >= 4 is 60.1 Å². The van der Waals surface area contributed by atoms with E-state index in [1.807, 2.05) is 27.0 Å². The monoisotopic (exact) mass is 904 g/mol. The number of aromatic amines is 1. The Hall–Kier alpha value is -4.82. The number of pyridine rings is 1. The van der Waals surface area contributed by atoms with Crippen LogP contribution in [0.25, 0.3) is 21.8 Å². The summed E-state index contributed by atoms with van der Waals surface area (Å²) in [7, 11) is 0.580. The van der Waals surface area contributed by atoms with Crippen LogP contribution in [0.3, 0.4) is 0 Å². The van der Waals surface area contributed by atoms with Gasteiger partial charge in [0, 0.05) is 58.7 Å². The lowest BCUT2D eigenvalue weighted by Crippen LogP contribution is -2.59. The van der Waals surface area contributed by atoms with Gasteiger partial charge in [-0.05, 0) is 81.9 Å². The Labute approximate surface area is 373 Å². The zero-order chi connectivity index (χ0) is 45.6. The lowest BCUT2D eigenvalue weighted by Gasteiger charge is -2.45. The number of H-pyrrole nitrogens is 1. The standard InChI is InChI=1S/C46H53FN4O10S2/c1-8-9-10-11-12-13-36(39-30(19-21-63(7)62)34(53)23-35(54)41(39)51-45(56)57-6)61-44-37(60-38-17-16-32(26(4)58-38)49-25(2)3)24-46(47,27(5)59-44)43(55)42-40-29(18-20-48-42)31-22-28(52)14-15-33(31)50-40/h10-11,14-15,18-20,22,25-27,32,34,36-38,44,49-50,52-53H,16-17,21,23-24H2,1-7H3,(H,51,56)/b11-10-,30-19-/t26?,27?,32?,34-,36-,37?,38?,44?,46?,63?/m0/s1. The summed E-state index contributed by atoms with van der Waals surface area (Å²) in [6, 6.07) is 6.57. The molecule has 1 amide bonds. The van der Waals surface area contributed by atoms with Crippen LogP contribution in [0.5, 0.6) is 5.75 Å². The molecule has 1 aromatic carbocycles. The number of allylic oxidation sites excluding steroid dienone is 3. The molecule has 8 unspecified atom stereocenters. The molecular formula is C46H53FN4O10S2. The number of ether oxygens (including phenoxy) is 5. The molecule has 14 nitrogen and oxygen atoms in total. The lowest BCUT2D eigenvalue weighted by atomic mass is 9.83. The van der Waals surface area contributed by atoms with Gasteiger partial charge in [0.25, 0.3) is 0 Å². The number of ketones is 2. The van der Waals surface area contributed by atoms with Crippen LogP contribution in [0.4, 0.5) is 9.18 Å². The van der Waals surface area contributed by atoms with Gasteiger partial charge >= 0.3 is 6.09 Å². The van der Waals surface area contributed by atoms with E-state index < -0.39 is 76.2 Å². The minimum absolute atomic E-state index is 0.0149. The molecule has 5 N–H and O–H groups in total. The van der Waals surface area contributed by atoms with Crippen molar-refractivity contribution in [1.82, 2.24) is 20.6 Å². The minimum Gasteiger partial charge on any atom is -0.508 e. The summed E-state index contributed by atoms with van der Waals surface area (Å²) in [6.07, 6.45) is -1.21. The van der Waals surface area contributed by atoms with Crippen molar-refractivity contribution in [1.29, 1.82) is 0 Å². The predicted octanol–water partition coefficient (Wildman–Crippen LogP) is 5.27. The second-order valence-corrected chi connectivity index (χ2v) is 19.1. The molecule has 2 aromatic heterocycles. The van der Waals surface area contributed by atoms with Crippen LogP contribution >= 0.6 is 0 Å². The average molecular weight is 905 g/mol. The number of aromatic hydroxyl groups is 1. The highest BCUT2D eigenvalue weighted by atomic mass is 32.8. The number of aliphatic hydroxyl groups excluding tert-OH is 1. The molecule has 0 bridgehead atoms. The number of aromatic nitrogens is 2. The maximum Gasteiger partial charge on any atom is 0.411 e. The van der Waals surface area contributed by atoms with Crippen LogP contribution in [0.1, 0.15) is 70.8 Å². The molecule has 0 spiro atoms. The number of fused-ring (bicyclic) bond motifs is 3. The molecule has 63 heavy (non-hydrogen) atoms. The molecule has 17 heteroatoms. The maximum absolute atomic E-state index is 18.0. The highest BCUT2D eigenvalue weighted by molar-refractivity contribution is 8.28. The Morgan fingerprint density at radius 2 is 1.94 bits per heavy atom. The zero-order valence-electron chi connectivity index (χ0n) is 36.2. The zero-order valence-corrected chi connectivity index (χ0v) is 37.8. The molecular weight excluding hydrogens is 852 g/mol. The van der Waals surface area contributed by atoms with Crippen molar-refractivity contribution in [2.24, 2.45) is 0 Å². The Morgan fingerprint density at radius 1 is 1.17 bits per heavy atom. The molecule has 2 fully saturated rings. The van der Waals surface area contributed by atoms with E-state index in [9.17, 15) is 24.6 Å². The highest BCUT2D eigenvalue weighted by Gasteiger charge is 2.56. The van der Waals surface area contributed by atoms with Crippen molar-refractivity contribution in [2.75, 3.05) is 19.1 Å². The number of halogens is 1. The van der Waals surface area contributed by atoms with E-state index in [-0.39, 0.29) is 58.4 Å². The third kappa shape index (κ3) is 10.9. The fourth-order valence-corrected chi connectivity index (χ4v) is 8.64. The number of benzene rings is 1. The molecule has 3 aliphatic rings. The number of hydrogen-bond acceptors (Lipinski definition) is 13. The number of carbonyl (C=O) groups is 3. The summed E-state index contributed by atoms with van der Waals surface area (Å²) in [5.41, 5.74) is -2.02. The van der Waals surface area contributed by atoms with Crippen LogP contribution in [-0.4, -0.2) is 118 Å². The number of alkyl carbamates (subject to hydrolysis) is 1. The number of Topliss-reactive ketones (excluding diaryl/α,β-unsaturated/α-hetero) is 2. The molecule has 2 aliphatic heterocycles. The summed E-state index contributed by atoms with van der Waals surface area (Å²) < 4.78 is 48.8. The predicted molar refractivity (Wildman–Crippen MR) is 240 cm³/mol. The van der Waals surface area contributed by atoms with Crippen molar-refractivity contribution in [3.05, 3.63) is 71.2 Å². The first-order valence-electron chi connectivity index (χ1n) is 20.6. The summed E-state index contributed by atoms with van der Waals surface area (Å²) in [5, 5.41) is 28.8. The summed E-state index contributed by atoms with van der Waals surface area (Å²) in [4.78, 5) is 48.5. The van der Waals surface area contributed by atoms with E-state index in [0.29, 0.717) is 34.9 Å². The van der Waals surface area contributed by atoms with Gasteiger partial charge < -0.3 is 44.2 Å². The fourth-order valence-electron chi connectivity index (χ4n) is 8.02. The Kier molecular flexibility index (Phi) is 15.7. The van der Waals surface area contributed by atoms with Crippen LogP contribution in [0.2, 0.25) is 0 Å². The van der Waals surface area contributed by atoms with Crippen LogP contribution in [-0.2, 0) is 49.1 Å². The SMILES string of the molecule is CC#C/C=C\C#C[C@H](OC1OC(C)C(F)(C(=O)c2nccc3c2[nH]c2ccc(O)cc23)CC1OC1CCC(NC(C)C)C(C)O1)C1=C(NC(=O)OC)C(=O)C[C@H](O)/C1=C/CS(C)=S. The number of nitrogens with zero attached hydrogens (tertiary/aromatic N) is 1. The molecule has 1 aliphatic carbocycles. The molecule has 2 saturated heterocycles. The third-order valence-electron chi connectivity index (χ3n) is 11.1. The second-order valence-electron chi connectivity index (χ2n) is 15.9. The van der Waals surface area contributed by atoms with Gasteiger partial charge in [0.05, 0.1) is 36.6 Å². The van der Waals surface area contributed by atoms with Gasteiger partial charge in [0.2, 0.25) is 11.5 Å². The van der Waals surface area contributed by atoms with Gasteiger partial charge in [-0.25, -0.2) is 9.18 Å². The normalized spacial score (nSPS) is 28.1. The number of carbonyl (C=O) groups excluding carboxylic acids is 3. The van der Waals surface area contributed by atoms with E-state index >= 15 is 4.39 Å². The number of phenolic OH excluding ortho intramolecular Hbond substituents is 1. The smallest absolute Gasteiger partial charge is 0.411 e. The molecule has 6 rings (SSSR count). The number of alkyl halides is 1. The molecule has 3 aromatic rings. The van der Waals surface area contributed by atoms with Crippen LogP contribution in [0.15, 0.2) is 65.5 Å². The van der Waals surface area contributed by atoms with Gasteiger partial charge in [-0.1, -0.05) is 48.9 Å². The molecule has 0 saturated carbocycles. The highest BCUT2D eigenvalue weighted by Crippen LogP contribution is 2.42. The summed E-state index contributed by atoms with van der Waals surface area (Å²) in [6.45, 7) is 9.04. The fraction of sp³-hybridized carbons (Fsp3) is 0.478. The lowest BCUT2D eigenvalue weighted by molar-refractivity contribution is -0.316. The molecule has 336 valence electrons. The summed E-state index contributed by atoms with van der Waals surface area (Å²) >= 11 is 5.46. The molecule has 4 heterocycles. The van der Waals surface area contributed by atoms with E-state index in [4.69, 9.17) is 34.9 Å². The van der Waals surface area contributed by atoms with Crippen LogP contribution < -0.4 is 10.6 Å². The van der Waals surface area contributed by atoms with Crippen molar-refractivity contribution in [2.45, 2.75) is 121 Å². The third-order valence-corrected chi connectivity index (χ3v) is 12.1. The first-order chi connectivity index (χ1) is 30.0. The number of methoxy groups -OCH3 is 1. The maximum atomic E-state index is 18.0. The largest absolute Gasteiger partial charge is 0.508 e. The molecule has 0 radical (unpaired) electrons. The summed E-state index contributed by atoms with van der Waals surface area (Å²) in [5.74, 6) is 10.1. The van der Waals surface area contributed by atoms with E-state index in [0.717, 1.165) is 7.11 Å². The van der Waals surface area contributed by atoms with Gasteiger partial charge in [0.15, 0.2) is 18.4 Å². The van der Waals surface area contributed by atoms with Gasteiger partial charge in [-0.2, -0.15) is 0 Å². The first kappa shape index (κ1) is 47.7. The number of aliphatic hydroxyl groups is 1. The topological polar surface area (TPSA) is 191 Å². The Balaban J connectivity index is 1.45. The van der Waals surface area contributed by atoms with Gasteiger partial charge in [-0.15, -0.1) is 15.4 Å². The van der Waals surface area contributed by atoms with Crippen LogP contribution in [0, 0.1) is 23.7 Å². The van der Waals surface area contributed by atoms with Crippen molar-refractivity contribution < 1.29 is 52.7 Å². The van der Waals surface area contributed by atoms with Gasteiger partial charge in [-0.3, -0.25) is 19.9 Å². The number of phenols is 1. The Morgan fingerprint density at radius 3 is 2.63 bits per heavy atom. The van der Waals surface area contributed by atoms with Crippen molar-refractivity contribution in [3.63, 3.8) is 0 Å². The number of nitrogens with one attached hydrogen (secondary N) is 3. The van der Waals surface area contributed by atoms with Crippen molar-refractivity contribution in [3.8, 4) is 29.4 Å².